The molecule has 2 aromatic carbocycles. The fourth-order valence-corrected chi connectivity index (χ4v) is 4.97. The average Bonchev–Trinajstić information content (AvgIpc) is 3.15. The zero-order valence-electron chi connectivity index (χ0n) is 20.2. The number of amidine groups is 1. The number of aryl methyl sites for hydroxylation is 2. The first-order valence-corrected chi connectivity index (χ1v) is 12.3. The van der Waals surface area contributed by atoms with Crippen molar-refractivity contribution in [2.24, 2.45) is 10.9 Å². The standard InChI is InChI=1S/C28H35N3O2/c1-5-20-8-11-23-17-26(30-28(33)21-9-6-19(4)7-10-21)31(25(23)16-20)24-14-12-22(13-15-24)27(32)29-18(2)3/h6-11,16,18,22,24H,5,12-15,17H2,1-4H3,(H,29,32). The van der Waals surface area contributed by atoms with E-state index in [-0.39, 0.29) is 29.8 Å². The molecule has 2 aliphatic rings. The summed E-state index contributed by atoms with van der Waals surface area (Å²) in [4.78, 5) is 32.4. The zero-order valence-corrected chi connectivity index (χ0v) is 20.2. The minimum absolute atomic E-state index is 0.0716. The number of rotatable bonds is 5. The SMILES string of the molecule is CCc1ccc2c(c1)N(C1CCC(C(=O)NC(C)C)CC1)C(=NC(=O)c1ccc(C)cc1)C2. The number of anilines is 1. The van der Waals surface area contributed by atoms with Crippen molar-refractivity contribution >= 4 is 23.3 Å². The normalized spacial score (nSPS) is 21.4. The lowest BCUT2D eigenvalue weighted by Crippen LogP contribution is -2.44. The largest absolute Gasteiger partial charge is 0.354 e. The molecule has 33 heavy (non-hydrogen) atoms. The molecule has 1 aliphatic heterocycles. The van der Waals surface area contributed by atoms with E-state index in [1.807, 2.05) is 45.0 Å². The van der Waals surface area contributed by atoms with E-state index in [0.29, 0.717) is 12.0 Å². The third-order valence-corrected chi connectivity index (χ3v) is 6.84. The molecule has 0 spiro atoms. The molecular formula is C28H35N3O2. The highest BCUT2D eigenvalue weighted by Gasteiger charge is 2.36. The first kappa shape index (κ1) is 23.2. The van der Waals surface area contributed by atoms with Crippen molar-refractivity contribution in [3.8, 4) is 0 Å². The van der Waals surface area contributed by atoms with Gasteiger partial charge in [0, 0.05) is 35.7 Å². The maximum atomic E-state index is 13.0. The van der Waals surface area contributed by atoms with Crippen LogP contribution in [-0.2, 0) is 17.6 Å². The Morgan fingerprint density at radius 1 is 1.06 bits per heavy atom. The highest BCUT2D eigenvalue weighted by molar-refractivity contribution is 6.12. The highest BCUT2D eigenvalue weighted by Crippen LogP contribution is 2.38. The molecule has 4 rings (SSSR count). The van der Waals surface area contributed by atoms with E-state index in [1.165, 1.54) is 16.8 Å². The molecular weight excluding hydrogens is 410 g/mol. The Bertz CT molecular complexity index is 1050. The molecule has 5 heteroatoms. The summed E-state index contributed by atoms with van der Waals surface area (Å²) < 4.78 is 0. The van der Waals surface area contributed by atoms with Crippen molar-refractivity contribution in [1.29, 1.82) is 0 Å². The summed E-state index contributed by atoms with van der Waals surface area (Å²) in [5, 5.41) is 3.06. The topological polar surface area (TPSA) is 61.8 Å². The predicted molar refractivity (Wildman–Crippen MR) is 134 cm³/mol. The van der Waals surface area contributed by atoms with Crippen LogP contribution in [0.2, 0.25) is 0 Å². The lowest BCUT2D eigenvalue weighted by atomic mass is 9.84. The maximum absolute atomic E-state index is 13.0. The summed E-state index contributed by atoms with van der Waals surface area (Å²) in [7, 11) is 0. The van der Waals surface area contributed by atoms with Crippen molar-refractivity contribution in [2.75, 3.05) is 4.90 Å². The minimum atomic E-state index is -0.191. The van der Waals surface area contributed by atoms with Gasteiger partial charge in [-0.05, 0) is 82.2 Å². The van der Waals surface area contributed by atoms with E-state index in [9.17, 15) is 9.59 Å². The van der Waals surface area contributed by atoms with Gasteiger partial charge in [0.25, 0.3) is 5.91 Å². The molecule has 0 unspecified atom stereocenters. The van der Waals surface area contributed by atoms with Crippen LogP contribution in [0.4, 0.5) is 5.69 Å². The highest BCUT2D eigenvalue weighted by atomic mass is 16.2. The van der Waals surface area contributed by atoms with Crippen LogP contribution in [0.25, 0.3) is 0 Å². The van der Waals surface area contributed by atoms with Crippen molar-refractivity contribution in [1.82, 2.24) is 5.32 Å². The van der Waals surface area contributed by atoms with Gasteiger partial charge in [0.15, 0.2) is 0 Å². The molecule has 0 radical (unpaired) electrons. The second-order valence-electron chi connectivity index (χ2n) is 9.73. The quantitative estimate of drug-likeness (QED) is 0.684. The zero-order chi connectivity index (χ0) is 23.5. The fourth-order valence-electron chi connectivity index (χ4n) is 4.97. The molecule has 2 amide bonds. The van der Waals surface area contributed by atoms with Gasteiger partial charge in [-0.2, -0.15) is 4.99 Å². The lowest BCUT2D eigenvalue weighted by Gasteiger charge is -2.36. The summed E-state index contributed by atoms with van der Waals surface area (Å²) in [6, 6.07) is 14.6. The molecule has 1 fully saturated rings. The number of nitrogens with one attached hydrogen (secondary N) is 1. The van der Waals surface area contributed by atoms with E-state index in [2.05, 4.69) is 40.3 Å². The van der Waals surface area contributed by atoms with Crippen LogP contribution in [-0.4, -0.2) is 29.7 Å². The van der Waals surface area contributed by atoms with Crippen LogP contribution in [0.3, 0.4) is 0 Å². The second-order valence-corrected chi connectivity index (χ2v) is 9.73. The van der Waals surface area contributed by atoms with E-state index in [0.717, 1.165) is 43.5 Å². The molecule has 0 bridgehead atoms. The Labute approximate surface area is 197 Å². The number of benzene rings is 2. The van der Waals surface area contributed by atoms with Crippen LogP contribution in [0.5, 0.6) is 0 Å². The number of nitrogens with zero attached hydrogens (tertiary/aromatic N) is 2. The van der Waals surface area contributed by atoms with Crippen LogP contribution < -0.4 is 10.2 Å². The van der Waals surface area contributed by atoms with Crippen LogP contribution in [0.1, 0.15) is 73.5 Å². The molecule has 2 aromatic rings. The molecule has 0 aromatic heterocycles. The van der Waals surface area contributed by atoms with Crippen LogP contribution >= 0.6 is 0 Å². The Hall–Kier alpha value is -2.95. The van der Waals surface area contributed by atoms with Gasteiger partial charge >= 0.3 is 0 Å². The third kappa shape index (κ3) is 5.18. The summed E-state index contributed by atoms with van der Waals surface area (Å²) in [6.45, 7) is 8.18. The number of carbonyl (C=O) groups excluding carboxylic acids is 2. The summed E-state index contributed by atoms with van der Waals surface area (Å²) >= 11 is 0. The number of hydrogen-bond acceptors (Lipinski definition) is 2. The third-order valence-electron chi connectivity index (χ3n) is 6.84. The average molecular weight is 446 g/mol. The molecule has 5 nitrogen and oxygen atoms in total. The van der Waals surface area contributed by atoms with Gasteiger partial charge in [0.1, 0.15) is 5.84 Å². The molecule has 0 atom stereocenters. The van der Waals surface area contributed by atoms with Crippen molar-refractivity contribution in [2.45, 2.75) is 78.3 Å². The Balaban J connectivity index is 1.59. The van der Waals surface area contributed by atoms with Gasteiger partial charge in [-0.15, -0.1) is 0 Å². The fraction of sp³-hybridized carbons (Fsp3) is 0.464. The van der Waals surface area contributed by atoms with E-state index >= 15 is 0 Å². The lowest BCUT2D eigenvalue weighted by molar-refractivity contribution is -0.126. The van der Waals surface area contributed by atoms with Crippen molar-refractivity contribution < 1.29 is 9.59 Å². The monoisotopic (exact) mass is 445 g/mol. The molecule has 1 N–H and O–H groups in total. The number of aliphatic imine (C=N–C) groups is 1. The molecule has 1 saturated carbocycles. The van der Waals surface area contributed by atoms with Crippen LogP contribution in [0.15, 0.2) is 47.5 Å². The number of fused-ring (bicyclic) bond motifs is 1. The Morgan fingerprint density at radius 3 is 2.39 bits per heavy atom. The van der Waals surface area contributed by atoms with Gasteiger partial charge in [-0.25, -0.2) is 0 Å². The Morgan fingerprint density at radius 2 is 1.76 bits per heavy atom. The van der Waals surface area contributed by atoms with Gasteiger partial charge in [-0.3, -0.25) is 9.59 Å². The Kier molecular flexibility index (Phi) is 6.96. The number of amides is 2. The second kappa shape index (κ2) is 9.90. The molecule has 0 saturated heterocycles. The number of hydrogen-bond donors (Lipinski definition) is 1. The first-order chi connectivity index (χ1) is 15.9. The summed E-state index contributed by atoms with van der Waals surface area (Å²) in [5.74, 6) is 0.881. The summed E-state index contributed by atoms with van der Waals surface area (Å²) in [5.41, 5.74) is 5.43. The van der Waals surface area contributed by atoms with Gasteiger partial charge in [0.05, 0.1) is 0 Å². The van der Waals surface area contributed by atoms with E-state index in [1.54, 1.807) is 0 Å². The van der Waals surface area contributed by atoms with Gasteiger partial charge in [0.2, 0.25) is 5.91 Å². The molecule has 1 heterocycles. The van der Waals surface area contributed by atoms with Gasteiger partial charge in [-0.1, -0.05) is 36.8 Å². The van der Waals surface area contributed by atoms with E-state index in [4.69, 9.17) is 0 Å². The van der Waals surface area contributed by atoms with Gasteiger partial charge < -0.3 is 10.2 Å². The number of carbonyl (C=O) groups is 2. The maximum Gasteiger partial charge on any atom is 0.278 e. The smallest absolute Gasteiger partial charge is 0.278 e. The van der Waals surface area contributed by atoms with Crippen molar-refractivity contribution in [3.05, 3.63) is 64.7 Å². The van der Waals surface area contributed by atoms with Crippen molar-refractivity contribution in [3.63, 3.8) is 0 Å². The van der Waals surface area contributed by atoms with Crippen LogP contribution in [0, 0.1) is 12.8 Å². The molecule has 174 valence electrons. The molecule has 1 aliphatic carbocycles. The first-order valence-electron chi connectivity index (χ1n) is 12.3. The minimum Gasteiger partial charge on any atom is -0.354 e. The summed E-state index contributed by atoms with van der Waals surface area (Å²) in [6.07, 6.45) is 5.21. The predicted octanol–water partition coefficient (Wildman–Crippen LogP) is 5.24. The van der Waals surface area contributed by atoms with E-state index < -0.39 is 0 Å².